The lowest BCUT2D eigenvalue weighted by atomic mass is 10.2. The molecule has 2 aromatic heterocycles. The Balaban J connectivity index is 2.02. The van der Waals surface area contributed by atoms with Crippen molar-refractivity contribution in [1.29, 1.82) is 0 Å². The predicted octanol–water partition coefficient (Wildman–Crippen LogP) is 1.36. The van der Waals surface area contributed by atoms with Gasteiger partial charge in [0.05, 0.1) is 6.61 Å². The summed E-state index contributed by atoms with van der Waals surface area (Å²) in [5.74, 6) is 6.21. The molecule has 0 bridgehead atoms. The Morgan fingerprint density at radius 1 is 1.50 bits per heavy atom. The lowest BCUT2D eigenvalue weighted by Crippen LogP contribution is -2.13. The molecule has 0 unspecified atom stereocenters. The molecule has 2 rings (SSSR count). The summed E-state index contributed by atoms with van der Waals surface area (Å²) in [6.45, 7) is 1.76. The van der Waals surface area contributed by atoms with Crippen LogP contribution in [0.4, 0.5) is 5.82 Å². The highest BCUT2D eigenvalue weighted by molar-refractivity contribution is 6.02. The average Bonchev–Trinajstić information content (AvgIpc) is 2.85. The van der Waals surface area contributed by atoms with Gasteiger partial charge in [-0.2, -0.15) is 0 Å². The molecule has 2 N–H and O–H groups in total. The molecular formula is C14H13N3O3. The van der Waals surface area contributed by atoms with Crippen molar-refractivity contribution in [3.8, 4) is 11.8 Å². The van der Waals surface area contributed by atoms with Crippen LogP contribution in [0.1, 0.15) is 28.2 Å². The van der Waals surface area contributed by atoms with E-state index < -0.39 is 0 Å². The molecule has 20 heavy (non-hydrogen) atoms. The highest BCUT2D eigenvalue weighted by Gasteiger charge is 2.09. The number of aryl methyl sites for hydroxylation is 1. The zero-order valence-electron chi connectivity index (χ0n) is 10.9. The fourth-order valence-corrected chi connectivity index (χ4v) is 1.43. The van der Waals surface area contributed by atoms with Gasteiger partial charge >= 0.3 is 0 Å². The fourth-order valence-electron chi connectivity index (χ4n) is 1.43. The lowest BCUT2D eigenvalue weighted by Gasteiger charge is -2.00. The lowest BCUT2D eigenvalue weighted by molar-refractivity contribution is 0.102. The van der Waals surface area contributed by atoms with Crippen LogP contribution in [0.3, 0.4) is 0 Å². The molecule has 0 fully saturated rings. The second-order valence-corrected chi connectivity index (χ2v) is 3.98. The Morgan fingerprint density at radius 2 is 2.35 bits per heavy atom. The molecule has 1 amide bonds. The van der Waals surface area contributed by atoms with Gasteiger partial charge in [0.2, 0.25) is 0 Å². The Labute approximate surface area is 115 Å². The van der Waals surface area contributed by atoms with Gasteiger partial charge in [-0.15, -0.1) is 0 Å². The number of hydrogen-bond acceptors (Lipinski definition) is 5. The van der Waals surface area contributed by atoms with Crippen molar-refractivity contribution >= 4 is 11.7 Å². The first-order valence-corrected chi connectivity index (χ1v) is 5.99. The molecule has 0 atom stereocenters. The largest absolute Gasteiger partial charge is 0.395 e. The zero-order valence-corrected chi connectivity index (χ0v) is 10.9. The third-order valence-corrected chi connectivity index (χ3v) is 2.34. The van der Waals surface area contributed by atoms with E-state index >= 15 is 0 Å². The molecule has 0 aliphatic rings. The van der Waals surface area contributed by atoms with Crippen LogP contribution in [-0.4, -0.2) is 27.8 Å². The molecule has 6 heteroatoms. The van der Waals surface area contributed by atoms with E-state index in [1.54, 1.807) is 25.1 Å². The number of aliphatic hydroxyl groups is 1. The maximum Gasteiger partial charge on any atom is 0.275 e. The van der Waals surface area contributed by atoms with Gasteiger partial charge in [0, 0.05) is 24.2 Å². The minimum absolute atomic E-state index is 0.0258. The monoisotopic (exact) mass is 271 g/mol. The number of amides is 1. The van der Waals surface area contributed by atoms with Gasteiger partial charge in [0.15, 0.2) is 5.82 Å². The molecule has 0 aromatic carbocycles. The summed E-state index contributed by atoms with van der Waals surface area (Å²) in [4.78, 5) is 15.9. The Morgan fingerprint density at radius 3 is 2.95 bits per heavy atom. The van der Waals surface area contributed by atoms with Gasteiger partial charge in [-0.3, -0.25) is 4.79 Å². The molecule has 6 nitrogen and oxygen atoms in total. The first kappa shape index (κ1) is 13.8. The average molecular weight is 271 g/mol. The number of carbonyl (C=O) groups is 1. The van der Waals surface area contributed by atoms with Crippen molar-refractivity contribution in [2.24, 2.45) is 0 Å². The van der Waals surface area contributed by atoms with E-state index in [-0.39, 0.29) is 18.2 Å². The molecule has 102 valence electrons. The van der Waals surface area contributed by atoms with Gasteiger partial charge in [-0.05, 0) is 19.1 Å². The quantitative estimate of drug-likeness (QED) is 0.823. The number of rotatable bonds is 3. The summed E-state index contributed by atoms with van der Waals surface area (Å²) in [7, 11) is 0. The van der Waals surface area contributed by atoms with E-state index in [2.05, 4.69) is 27.3 Å². The Hall–Kier alpha value is -2.65. The maximum atomic E-state index is 11.9. The topological polar surface area (TPSA) is 88.2 Å². The van der Waals surface area contributed by atoms with E-state index in [1.165, 1.54) is 6.20 Å². The number of carbonyl (C=O) groups excluding carboxylic acids is 1. The molecule has 2 heterocycles. The maximum absolute atomic E-state index is 11.9. The van der Waals surface area contributed by atoms with Crippen LogP contribution in [0.15, 0.2) is 28.9 Å². The van der Waals surface area contributed by atoms with Gasteiger partial charge in [0.25, 0.3) is 5.91 Å². The smallest absolute Gasteiger partial charge is 0.275 e. The molecular weight excluding hydrogens is 258 g/mol. The number of aliphatic hydroxyl groups excluding tert-OH is 1. The number of nitrogens with zero attached hydrogens (tertiary/aromatic N) is 2. The van der Waals surface area contributed by atoms with Crippen molar-refractivity contribution in [2.45, 2.75) is 13.3 Å². The summed E-state index contributed by atoms with van der Waals surface area (Å²) < 4.78 is 4.85. The van der Waals surface area contributed by atoms with Crippen molar-refractivity contribution in [1.82, 2.24) is 10.1 Å². The number of hydrogen-bond donors (Lipinski definition) is 2. The van der Waals surface area contributed by atoms with Gasteiger partial charge < -0.3 is 14.9 Å². The minimum atomic E-state index is -0.367. The normalized spacial score (nSPS) is 9.70. The standard InChI is InChI=1S/C14H13N3O3/c1-10-8-13(17-20-10)16-14(19)12-6-5-11(9-15-12)4-2-3-7-18/h5-6,8-9,18H,3,7H2,1H3,(H,16,17,19). The van der Waals surface area contributed by atoms with Crippen LogP contribution in [0, 0.1) is 18.8 Å². The molecule has 2 aromatic rings. The number of pyridine rings is 1. The number of anilines is 1. The van der Waals surface area contributed by atoms with Crippen molar-refractivity contribution in [2.75, 3.05) is 11.9 Å². The fraction of sp³-hybridized carbons (Fsp3) is 0.214. The van der Waals surface area contributed by atoms with E-state index in [4.69, 9.17) is 9.63 Å². The second kappa shape index (κ2) is 6.50. The van der Waals surface area contributed by atoms with Gasteiger partial charge in [-0.25, -0.2) is 4.98 Å². The molecule has 0 radical (unpaired) electrons. The molecule has 0 saturated carbocycles. The van der Waals surface area contributed by atoms with Crippen LogP contribution in [0.2, 0.25) is 0 Å². The third-order valence-electron chi connectivity index (χ3n) is 2.34. The van der Waals surface area contributed by atoms with E-state index in [0.29, 0.717) is 23.6 Å². The zero-order chi connectivity index (χ0) is 14.4. The third kappa shape index (κ3) is 3.67. The number of nitrogens with one attached hydrogen (secondary N) is 1. The van der Waals surface area contributed by atoms with E-state index in [1.807, 2.05) is 0 Å². The van der Waals surface area contributed by atoms with Crippen LogP contribution < -0.4 is 5.32 Å². The van der Waals surface area contributed by atoms with Crippen molar-refractivity contribution < 1.29 is 14.4 Å². The van der Waals surface area contributed by atoms with Crippen LogP contribution in [-0.2, 0) is 0 Å². The van der Waals surface area contributed by atoms with Crippen molar-refractivity contribution in [3.63, 3.8) is 0 Å². The highest BCUT2D eigenvalue weighted by Crippen LogP contribution is 2.08. The predicted molar refractivity (Wildman–Crippen MR) is 72.0 cm³/mol. The van der Waals surface area contributed by atoms with Crippen LogP contribution in [0.25, 0.3) is 0 Å². The molecule has 0 aliphatic carbocycles. The second-order valence-electron chi connectivity index (χ2n) is 3.98. The Bertz CT molecular complexity index is 650. The summed E-state index contributed by atoms with van der Waals surface area (Å²) in [6.07, 6.45) is 1.92. The van der Waals surface area contributed by atoms with Gasteiger partial charge in [-0.1, -0.05) is 17.0 Å². The van der Waals surface area contributed by atoms with Crippen LogP contribution >= 0.6 is 0 Å². The summed E-state index contributed by atoms with van der Waals surface area (Å²) in [6, 6.07) is 4.89. The number of aromatic nitrogens is 2. The SMILES string of the molecule is Cc1cc(NC(=O)c2ccc(C#CCCO)cn2)no1. The minimum Gasteiger partial charge on any atom is -0.395 e. The molecule has 0 spiro atoms. The molecule has 0 aliphatic heterocycles. The van der Waals surface area contributed by atoms with Crippen molar-refractivity contribution in [3.05, 3.63) is 41.4 Å². The van der Waals surface area contributed by atoms with Gasteiger partial charge in [0.1, 0.15) is 11.5 Å². The first-order valence-electron chi connectivity index (χ1n) is 5.99. The Kier molecular flexibility index (Phi) is 4.47. The molecule has 0 saturated heterocycles. The summed E-state index contributed by atoms with van der Waals surface area (Å²) >= 11 is 0. The van der Waals surface area contributed by atoms with Crippen LogP contribution in [0.5, 0.6) is 0 Å². The van der Waals surface area contributed by atoms with E-state index in [9.17, 15) is 4.79 Å². The van der Waals surface area contributed by atoms with E-state index in [0.717, 1.165) is 0 Å². The summed E-state index contributed by atoms with van der Waals surface area (Å²) in [5, 5.41) is 14.9. The highest BCUT2D eigenvalue weighted by atomic mass is 16.5. The first-order chi connectivity index (χ1) is 9.69. The summed E-state index contributed by atoms with van der Waals surface area (Å²) in [5.41, 5.74) is 0.950.